The molecule has 3 aliphatic rings. The van der Waals surface area contributed by atoms with Crippen molar-refractivity contribution in [2.75, 3.05) is 19.6 Å². The summed E-state index contributed by atoms with van der Waals surface area (Å²) in [5.74, 6) is -0.899. The number of fused-ring (bicyclic) bond motifs is 1. The second-order valence-electron chi connectivity index (χ2n) is 7.90. The van der Waals surface area contributed by atoms with Crippen LogP contribution < -0.4 is 0 Å². The molecule has 4 rings (SSSR count). The van der Waals surface area contributed by atoms with Gasteiger partial charge in [-0.25, -0.2) is 0 Å². The number of carbonyl (C=O) groups excluding carboxylic acids is 3. The molecule has 3 fully saturated rings. The van der Waals surface area contributed by atoms with E-state index >= 15 is 0 Å². The molecule has 4 atom stereocenters. The van der Waals surface area contributed by atoms with Crippen LogP contribution >= 0.6 is 0 Å². The highest BCUT2D eigenvalue weighted by molar-refractivity contribution is 6.07. The van der Waals surface area contributed by atoms with E-state index in [1.54, 1.807) is 4.90 Å². The number of imide groups is 1. The number of carbonyl (C=O) groups is 3. The van der Waals surface area contributed by atoms with Crippen molar-refractivity contribution < 1.29 is 19.1 Å². The molecule has 1 aliphatic carbocycles. The van der Waals surface area contributed by atoms with Gasteiger partial charge in [-0.3, -0.25) is 19.3 Å². The lowest BCUT2D eigenvalue weighted by Crippen LogP contribution is -2.50. The average Bonchev–Trinajstić information content (AvgIpc) is 2.93. The van der Waals surface area contributed by atoms with Crippen LogP contribution in [-0.2, 0) is 19.1 Å². The maximum absolute atomic E-state index is 12.9. The average molecular weight is 370 g/mol. The van der Waals surface area contributed by atoms with Crippen LogP contribution in [0.4, 0.5) is 0 Å². The number of nitrogens with zero attached hydrogens (tertiary/aromatic N) is 2. The summed E-state index contributed by atoms with van der Waals surface area (Å²) in [6, 6.07) is 9.83. The van der Waals surface area contributed by atoms with Crippen molar-refractivity contribution in [3.8, 4) is 0 Å². The van der Waals surface area contributed by atoms with Crippen molar-refractivity contribution in [3.05, 3.63) is 35.9 Å². The Morgan fingerprint density at radius 1 is 1.04 bits per heavy atom. The zero-order chi connectivity index (χ0) is 19.0. The fraction of sp³-hybridized carbons (Fsp3) is 0.571. The fourth-order valence-corrected chi connectivity index (χ4v) is 4.63. The molecule has 0 spiro atoms. The Morgan fingerprint density at radius 2 is 1.67 bits per heavy atom. The number of amides is 3. The highest BCUT2D eigenvalue weighted by atomic mass is 16.5. The molecule has 1 saturated carbocycles. The van der Waals surface area contributed by atoms with Crippen LogP contribution in [0.5, 0.6) is 0 Å². The Kier molecular flexibility index (Phi) is 5.00. The molecule has 0 radical (unpaired) electrons. The summed E-state index contributed by atoms with van der Waals surface area (Å²) in [5.41, 5.74) is 1.03. The van der Waals surface area contributed by atoms with Gasteiger partial charge in [0.1, 0.15) is 12.6 Å². The third kappa shape index (κ3) is 3.50. The van der Waals surface area contributed by atoms with E-state index in [1.807, 2.05) is 37.3 Å². The summed E-state index contributed by atoms with van der Waals surface area (Å²) < 4.78 is 6.00. The Labute approximate surface area is 159 Å². The molecule has 2 saturated heterocycles. The van der Waals surface area contributed by atoms with Gasteiger partial charge in [-0.1, -0.05) is 43.2 Å². The zero-order valence-corrected chi connectivity index (χ0v) is 15.7. The molecule has 6 heteroatoms. The molecule has 1 aromatic rings. The Bertz CT molecular complexity index is 711. The molecule has 0 bridgehead atoms. The molecule has 3 amide bonds. The van der Waals surface area contributed by atoms with Crippen LogP contribution in [0.25, 0.3) is 0 Å². The lowest BCUT2D eigenvalue weighted by Gasteiger charge is -2.37. The molecule has 0 aromatic heterocycles. The van der Waals surface area contributed by atoms with Gasteiger partial charge >= 0.3 is 0 Å². The van der Waals surface area contributed by atoms with Gasteiger partial charge < -0.3 is 9.64 Å². The Morgan fingerprint density at radius 3 is 2.30 bits per heavy atom. The number of hydrogen-bond donors (Lipinski definition) is 0. The van der Waals surface area contributed by atoms with Crippen LogP contribution in [0, 0.1) is 11.8 Å². The van der Waals surface area contributed by atoms with Gasteiger partial charge in [-0.15, -0.1) is 0 Å². The fourth-order valence-electron chi connectivity index (χ4n) is 4.63. The van der Waals surface area contributed by atoms with E-state index in [1.165, 1.54) is 4.90 Å². The normalized spacial score (nSPS) is 31.1. The van der Waals surface area contributed by atoms with Crippen molar-refractivity contribution in [3.63, 3.8) is 0 Å². The molecule has 0 unspecified atom stereocenters. The molecule has 2 aliphatic heterocycles. The molecule has 27 heavy (non-hydrogen) atoms. The van der Waals surface area contributed by atoms with E-state index in [-0.39, 0.29) is 48.3 Å². The maximum Gasteiger partial charge on any atom is 0.242 e. The van der Waals surface area contributed by atoms with E-state index in [0.717, 1.165) is 31.2 Å². The minimum atomic E-state index is -0.209. The number of rotatable bonds is 3. The molecular formula is C21H26N2O4. The van der Waals surface area contributed by atoms with Crippen molar-refractivity contribution in [1.82, 2.24) is 9.80 Å². The number of ether oxygens (including phenoxy) is 1. The predicted molar refractivity (Wildman–Crippen MR) is 98.5 cm³/mol. The second-order valence-corrected chi connectivity index (χ2v) is 7.90. The van der Waals surface area contributed by atoms with E-state index in [2.05, 4.69) is 0 Å². The van der Waals surface area contributed by atoms with Gasteiger partial charge in [0, 0.05) is 6.54 Å². The van der Waals surface area contributed by atoms with Crippen molar-refractivity contribution in [2.24, 2.45) is 11.8 Å². The quantitative estimate of drug-likeness (QED) is 0.765. The van der Waals surface area contributed by atoms with Gasteiger partial charge in [0.25, 0.3) is 0 Å². The summed E-state index contributed by atoms with van der Waals surface area (Å²) in [4.78, 5) is 41.1. The van der Waals surface area contributed by atoms with Crippen LogP contribution in [-0.4, -0.2) is 53.3 Å². The zero-order valence-electron chi connectivity index (χ0n) is 15.7. The monoisotopic (exact) mass is 370 g/mol. The van der Waals surface area contributed by atoms with Gasteiger partial charge in [0.05, 0.1) is 24.5 Å². The summed E-state index contributed by atoms with van der Waals surface area (Å²) in [6.45, 7) is 2.72. The van der Waals surface area contributed by atoms with Crippen LogP contribution in [0.1, 0.15) is 44.3 Å². The van der Waals surface area contributed by atoms with Crippen molar-refractivity contribution >= 4 is 17.7 Å². The van der Waals surface area contributed by atoms with Crippen LogP contribution in [0.3, 0.4) is 0 Å². The third-order valence-corrected chi connectivity index (χ3v) is 6.01. The first-order chi connectivity index (χ1) is 13.0. The first kappa shape index (κ1) is 18.2. The molecule has 2 heterocycles. The summed E-state index contributed by atoms with van der Waals surface area (Å²) in [6.07, 6.45) is 3.23. The lowest BCUT2D eigenvalue weighted by molar-refractivity contribution is -0.152. The summed E-state index contributed by atoms with van der Waals surface area (Å²) in [5, 5.41) is 0. The molecule has 6 nitrogen and oxygen atoms in total. The number of likely N-dealkylation sites (tertiary alicyclic amines) is 1. The van der Waals surface area contributed by atoms with E-state index < -0.39 is 0 Å². The van der Waals surface area contributed by atoms with E-state index in [0.29, 0.717) is 13.1 Å². The number of hydrogen-bond acceptors (Lipinski definition) is 4. The highest BCUT2D eigenvalue weighted by Gasteiger charge is 2.49. The van der Waals surface area contributed by atoms with E-state index in [9.17, 15) is 14.4 Å². The maximum atomic E-state index is 12.9. The largest absolute Gasteiger partial charge is 0.367 e. The number of morpholine rings is 1. The van der Waals surface area contributed by atoms with Crippen molar-refractivity contribution in [1.29, 1.82) is 0 Å². The standard InChI is InChI=1S/C21H26N2O4/c1-14-11-22(12-18(27-14)15-7-3-2-4-8-15)19(24)13-23-20(25)16-9-5-6-10-17(16)21(23)26/h2-4,7-8,14,16-18H,5-6,9-13H2,1H3/t14-,16-,17+,18+/m1/s1. The summed E-state index contributed by atoms with van der Waals surface area (Å²) in [7, 11) is 0. The number of benzene rings is 1. The van der Waals surface area contributed by atoms with Crippen LogP contribution in [0.2, 0.25) is 0 Å². The van der Waals surface area contributed by atoms with Gasteiger partial charge in [0.15, 0.2) is 0 Å². The van der Waals surface area contributed by atoms with Gasteiger partial charge in [0.2, 0.25) is 17.7 Å². The minimum absolute atomic E-state index is 0.0968. The van der Waals surface area contributed by atoms with E-state index in [4.69, 9.17) is 4.74 Å². The predicted octanol–water partition coefficient (Wildman–Crippen LogP) is 2.15. The topological polar surface area (TPSA) is 66.9 Å². The van der Waals surface area contributed by atoms with Gasteiger partial charge in [-0.2, -0.15) is 0 Å². The highest BCUT2D eigenvalue weighted by Crippen LogP contribution is 2.38. The molecule has 1 aromatic carbocycles. The van der Waals surface area contributed by atoms with Gasteiger partial charge in [-0.05, 0) is 25.3 Å². The molecule has 0 N–H and O–H groups in total. The van der Waals surface area contributed by atoms with Crippen LogP contribution in [0.15, 0.2) is 30.3 Å². The Balaban J connectivity index is 1.44. The molecular weight excluding hydrogens is 344 g/mol. The third-order valence-electron chi connectivity index (χ3n) is 6.01. The smallest absolute Gasteiger partial charge is 0.242 e. The molecule has 144 valence electrons. The lowest BCUT2D eigenvalue weighted by atomic mass is 9.81. The Hall–Kier alpha value is -2.21. The second kappa shape index (κ2) is 7.43. The summed E-state index contributed by atoms with van der Waals surface area (Å²) >= 11 is 0. The van der Waals surface area contributed by atoms with Crippen molar-refractivity contribution in [2.45, 2.75) is 44.8 Å². The minimum Gasteiger partial charge on any atom is -0.367 e. The first-order valence-corrected chi connectivity index (χ1v) is 9.88. The first-order valence-electron chi connectivity index (χ1n) is 9.88. The SMILES string of the molecule is C[C@@H]1CN(C(=O)CN2C(=O)[C@H]3CCCC[C@H]3C2=O)C[C@@H](c2ccccc2)O1.